The first-order valence-corrected chi connectivity index (χ1v) is 13.8. The van der Waals surface area contributed by atoms with Crippen molar-refractivity contribution >= 4 is 32.9 Å². The van der Waals surface area contributed by atoms with E-state index < -0.39 is 11.8 Å². The molecule has 2 heterocycles. The fourth-order valence-corrected chi connectivity index (χ4v) is 5.20. The van der Waals surface area contributed by atoms with Crippen molar-refractivity contribution in [1.82, 2.24) is 14.5 Å². The molecule has 3 aromatic carbocycles. The van der Waals surface area contributed by atoms with E-state index >= 15 is 0 Å². The Bertz CT molecular complexity index is 1810. The Balaban J connectivity index is 1.37. The van der Waals surface area contributed by atoms with Gasteiger partial charge in [0.2, 0.25) is 5.88 Å². The van der Waals surface area contributed by atoms with Gasteiger partial charge in [0, 0.05) is 41.7 Å². The van der Waals surface area contributed by atoms with Gasteiger partial charge in [0.05, 0.1) is 47.6 Å². The highest BCUT2D eigenvalue weighted by molar-refractivity contribution is 9.10. The average molecular weight is 629 g/mol. The largest absolute Gasteiger partial charge is 0.473 e. The number of methoxy groups -OCH3 is 2. The summed E-state index contributed by atoms with van der Waals surface area (Å²) in [6, 6.07) is 23.0. The minimum Gasteiger partial charge on any atom is -0.473 e. The highest BCUT2D eigenvalue weighted by atomic mass is 79.9. The molecule has 0 aliphatic rings. The number of aromatic nitrogens is 3. The third-order valence-corrected chi connectivity index (χ3v) is 7.38. The molecule has 0 saturated carbocycles. The number of carbonyl (C=O) groups excluding carboxylic acids is 1. The van der Waals surface area contributed by atoms with Gasteiger partial charge >= 0.3 is 5.97 Å². The number of benzene rings is 3. The maximum Gasteiger partial charge on any atom is 0.337 e. The van der Waals surface area contributed by atoms with Crippen molar-refractivity contribution in [3.05, 3.63) is 111 Å². The van der Waals surface area contributed by atoms with Crippen molar-refractivity contribution in [3.63, 3.8) is 0 Å². The Morgan fingerprint density at radius 1 is 1.05 bits per heavy atom. The molecular weight excluding hydrogens is 603 g/mol. The molecule has 0 spiro atoms. The van der Waals surface area contributed by atoms with Crippen molar-refractivity contribution in [3.8, 4) is 23.2 Å². The predicted molar refractivity (Wildman–Crippen MR) is 159 cm³/mol. The topological polar surface area (TPSA) is 99.3 Å². The van der Waals surface area contributed by atoms with E-state index in [1.54, 1.807) is 31.4 Å². The number of rotatable bonds is 10. The van der Waals surface area contributed by atoms with Gasteiger partial charge in [0.15, 0.2) is 0 Å². The van der Waals surface area contributed by atoms with Gasteiger partial charge in [-0.2, -0.15) is 5.26 Å². The highest BCUT2D eigenvalue weighted by Gasteiger charge is 2.16. The number of nitriles is 1. The summed E-state index contributed by atoms with van der Waals surface area (Å²) >= 11 is 3.69. The SMILES string of the molecule is COCCn1c(Cc2ccc(-c3cccc(OCc4ccc(C#N)cc4F)n3)c(Br)c2)nc2ccc(C(=O)OC)cc21. The number of nitrogens with zero attached hydrogens (tertiary/aromatic N) is 4. The fraction of sp³-hybridized carbons (Fsp3) is 0.188. The smallest absolute Gasteiger partial charge is 0.337 e. The van der Waals surface area contributed by atoms with Gasteiger partial charge in [-0.1, -0.05) is 40.2 Å². The van der Waals surface area contributed by atoms with E-state index in [1.165, 1.54) is 19.2 Å². The summed E-state index contributed by atoms with van der Waals surface area (Å²) in [7, 11) is 3.01. The van der Waals surface area contributed by atoms with Crippen LogP contribution in [-0.4, -0.2) is 41.3 Å². The van der Waals surface area contributed by atoms with Crippen LogP contribution in [0.2, 0.25) is 0 Å². The lowest BCUT2D eigenvalue weighted by molar-refractivity contribution is 0.0601. The Morgan fingerprint density at radius 2 is 1.90 bits per heavy atom. The zero-order chi connectivity index (χ0) is 29.6. The summed E-state index contributed by atoms with van der Waals surface area (Å²) in [5.74, 6) is 0.294. The Labute approximate surface area is 250 Å². The van der Waals surface area contributed by atoms with Gasteiger partial charge in [-0.05, 0) is 48.0 Å². The van der Waals surface area contributed by atoms with Crippen LogP contribution in [0.25, 0.3) is 22.3 Å². The second-order valence-corrected chi connectivity index (χ2v) is 10.3. The van der Waals surface area contributed by atoms with Crippen molar-refractivity contribution < 1.29 is 23.4 Å². The summed E-state index contributed by atoms with van der Waals surface area (Å²) in [4.78, 5) is 21.6. The molecule has 5 aromatic rings. The molecule has 2 aromatic heterocycles. The summed E-state index contributed by atoms with van der Waals surface area (Å²) in [6.45, 7) is 1.06. The second-order valence-electron chi connectivity index (χ2n) is 9.43. The molecule has 0 aliphatic carbocycles. The highest BCUT2D eigenvalue weighted by Crippen LogP contribution is 2.30. The van der Waals surface area contributed by atoms with E-state index in [1.807, 2.05) is 42.5 Å². The molecule has 0 bridgehead atoms. The Kier molecular flexibility index (Phi) is 8.91. The van der Waals surface area contributed by atoms with Crippen LogP contribution < -0.4 is 4.74 Å². The predicted octanol–water partition coefficient (Wildman–Crippen LogP) is 6.47. The maximum atomic E-state index is 14.3. The first-order chi connectivity index (χ1) is 20.4. The molecule has 0 aliphatic heterocycles. The summed E-state index contributed by atoms with van der Waals surface area (Å²) < 4.78 is 33.1. The summed E-state index contributed by atoms with van der Waals surface area (Å²) in [5.41, 5.74) is 5.25. The summed E-state index contributed by atoms with van der Waals surface area (Å²) in [6.07, 6.45) is 0.553. The first-order valence-electron chi connectivity index (χ1n) is 13.0. The molecule has 8 nitrogen and oxygen atoms in total. The van der Waals surface area contributed by atoms with E-state index in [0.29, 0.717) is 42.3 Å². The molecule has 0 saturated heterocycles. The minimum atomic E-state index is -0.497. The Hall–Kier alpha value is -4.59. The maximum absolute atomic E-state index is 14.3. The third kappa shape index (κ3) is 6.33. The van der Waals surface area contributed by atoms with Crippen molar-refractivity contribution in [2.45, 2.75) is 19.6 Å². The molecule has 0 amide bonds. The van der Waals surface area contributed by atoms with E-state index in [4.69, 9.17) is 24.5 Å². The van der Waals surface area contributed by atoms with E-state index in [0.717, 1.165) is 32.5 Å². The van der Waals surface area contributed by atoms with Crippen molar-refractivity contribution in [2.24, 2.45) is 0 Å². The molecular formula is C32H26BrFN4O4. The Morgan fingerprint density at radius 3 is 2.64 bits per heavy atom. The normalized spacial score (nSPS) is 10.9. The van der Waals surface area contributed by atoms with Gasteiger partial charge < -0.3 is 18.8 Å². The van der Waals surface area contributed by atoms with Crippen LogP contribution in [0.5, 0.6) is 5.88 Å². The van der Waals surface area contributed by atoms with Gasteiger partial charge in [0.1, 0.15) is 18.2 Å². The molecule has 0 atom stereocenters. The number of pyridine rings is 1. The average Bonchev–Trinajstić information content (AvgIpc) is 3.34. The van der Waals surface area contributed by atoms with Crippen LogP contribution >= 0.6 is 15.9 Å². The van der Waals surface area contributed by atoms with Crippen molar-refractivity contribution in [2.75, 3.05) is 20.8 Å². The molecule has 42 heavy (non-hydrogen) atoms. The quantitative estimate of drug-likeness (QED) is 0.163. The molecule has 0 fully saturated rings. The fourth-order valence-electron chi connectivity index (χ4n) is 4.57. The number of ether oxygens (including phenoxy) is 3. The summed E-state index contributed by atoms with van der Waals surface area (Å²) in [5, 5.41) is 8.94. The number of esters is 1. The van der Waals surface area contributed by atoms with Gasteiger partial charge in [-0.3, -0.25) is 0 Å². The molecule has 0 radical (unpaired) electrons. The van der Waals surface area contributed by atoms with Crippen LogP contribution in [0.4, 0.5) is 4.39 Å². The van der Waals surface area contributed by atoms with E-state index in [9.17, 15) is 9.18 Å². The van der Waals surface area contributed by atoms with Gasteiger partial charge in [-0.15, -0.1) is 0 Å². The number of hydrogen-bond acceptors (Lipinski definition) is 7. The van der Waals surface area contributed by atoms with Crippen LogP contribution in [0.1, 0.15) is 32.9 Å². The number of imidazole rings is 1. The van der Waals surface area contributed by atoms with Crippen molar-refractivity contribution in [1.29, 1.82) is 5.26 Å². The zero-order valence-corrected chi connectivity index (χ0v) is 24.5. The second kappa shape index (κ2) is 12.9. The zero-order valence-electron chi connectivity index (χ0n) is 22.9. The van der Waals surface area contributed by atoms with Gasteiger partial charge in [-0.25, -0.2) is 19.2 Å². The first kappa shape index (κ1) is 28.9. The van der Waals surface area contributed by atoms with Crippen LogP contribution in [0.3, 0.4) is 0 Å². The lowest BCUT2D eigenvalue weighted by atomic mass is 10.1. The minimum absolute atomic E-state index is 0.0146. The lowest BCUT2D eigenvalue weighted by Gasteiger charge is -2.12. The molecule has 0 unspecified atom stereocenters. The molecule has 5 rings (SSSR count). The molecule has 10 heteroatoms. The number of halogens is 2. The standard InChI is InChI=1S/C32H26BrFN4O4/c1-40-13-12-38-29-17-22(32(39)41-2)9-11-28(29)36-30(38)16-20-7-10-24(25(33)14-20)27-4-3-5-31(37-27)42-19-23-8-6-21(18-35)15-26(23)34/h3-11,14-15,17H,12-13,16,19H2,1-2H3. The van der Waals surface area contributed by atoms with Crippen LogP contribution in [0, 0.1) is 17.1 Å². The third-order valence-electron chi connectivity index (χ3n) is 6.72. The number of hydrogen-bond donors (Lipinski definition) is 0. The van der Waals surface area contributed by atoms with E-state index in [-0.39, 0.29) is 12.2 Å². The van der Waals surface area contributed by atoms with Crippen LogP contribution in [-0.2, 0) is 29.0 Å². The monoisotopic (exact) mass is 628 g/mol. The molecule has 0 N–H and O–H groups in total. The number of fused-ring (bicyclic) bond motifs is 1. The van der Waals surface area contributed by atoms with Gasteiger partial charge in [0.25, 0.3) is 0 Å². The lowest BCUT2D eigenvalue weighted by Crippen LogP contribution is -2.09. The number of carbonyl (C=O) groups is 1. The molecule has 212 valence electrons. The van der Waals surface area contributed by atoms with Crippen LogP contribution in [0.15, 0.2) is 77.3 Å². The van der Waals surface area contributed by atoms with E-state index in [2.05, 4.69) is 25.5 Å².